The molecule has 3 aromatic carbocycles. The van der Waals surface area contributed by atoms with Crippen LogP contribution in [0, 0.1) is 13.8 Å². The molecule has 1 heterocycles. The number of urea groups is 1. The van der Waals surface area contributed by atoms with Crippen molar-refractivity contribution in [3.63, 3.8) is 0 Å². The van der Waals surface area contributed by atoms with Gasteiger partial charge >= 0.3 is 6.03 Å². The van der Waals surface area contributed by atoms with Crippen LogP contribution in [-0.4, -0.2) is 55.1 Å². The van der Waals surface area contributed by atoms with E-state index in [1.165, 1.54) is 28.6 Å². The normalized spacial score (nSPS) is 17.4. The van der Waals surface area contributed by atoms with E-state index in [2.05, 4.69) is 10.6 Å². The summed E-state index contributed by atoms with van der Waals surface area (Å²) >= 11 is 0. The molecule has 0 bridgehead atoms. The SMILES string of the molecule is CCN(CC)S(=O)(=O)c1ccc(NC(=O)CN2C(=O)NC(c3ccccc3)(c3ccc(C)c(C)c3)C2=O)cc1. The highest BCUT2D eigenvalue weighted by Crippen LogP contribution is 2.36. The van der Waals surface area contributed by atoms with Gasteiger partial charge in [-0.1, -0.05) is 62.4 Å². The third-order valence-electron chi connectivity index (χ3n) is 7.04. The van der Waals surface area contributed by atoms with E-state index in [9.17, 15) is 22.8 Å². The molecule has 1 fully saturated rings. The monoisotopic (exact) mass is 548 g/mol. The van der Waals surface area contributed by atoms with Crippen LogP contribution in [0.25, 0.3) is 0 Å². The zero-order chi connectivity index (χ0) is 28.4. The number of aryl methyl sites for hydroxylation is 2. The fourth-order valence-electron chi connectivity index (χ4n) is 4.71. The summed E-state index contributed by atoms with van der Waals surface area (Å²) in [7, 11) is -3.64. The summed E-state index contributed by atoms with van der Waals surface area (Å²) < 4.78 is 26.8. The molecular formula is C29H32N4O5S. The van der Waals surface area contributed by atoms with E-state index in [4.69, 9.17) is 0 Å². The van der Waals surface area contributed by atoms with Crippen molar-refractivity contribution in [2.45, 2.75) is 38.1 Å². The summed E-state index contributed by atoms with van der Waals surface area (Å²) in [5.74, 6) is -1.15. The Hall–Kier alpha value is -4.02. The van der Waals surface area contributed by atoms with Crippen LogP contribution in [0.15, 0.2) is 77.7 Å². The van der Waals surface area contributed by atoms with E-state index >= 15 is 0 Å². The van der Waals surface area contributed by atoms with Gasteiger partial charge < -0.3 is 10.6 Å². The summed E-state index contributed by atoms with van der Waals surface area (Å²) in [6, 6.07) is 19.6. The molecule has 1 atom stereocenters. The number of benzene rings is 3. The van der Waals surface area contributed by atoms with Crippen molar-refractivity contribution in [1.29, 1.82) is 0 Å². The largest absolute Gasteiger partial charge is 0.326 e. The van der Waals surface area contributed by atoms with Gasteiger partial charge in [-0.25, -0.2) is 13.2 Å². The van der Waals surface area contributed by atoms with E-state index in [0.29, 0.717) is 29.9 Å². The first-order valence-corrected chi connectivity index (χ1v) is 14.2. The number of nitrogens with one attached hydrogen (secondary N) is 2. The van der Waals surface area contributed by atoms with Crippen LogP contribution in [0.3, 0.4) is 0 Å². The molecule has 39 heavy (non-hydrogen) atoms. The average molecular weight is 549 g/mol. The van der Waals surface area contributed by atoms with Crippen molar-refractivity contribution in [1.82, 2.24) is 14.5 Å². The highest BCUT2D eigenvalue weighted by atomic mass is 32.2. The molecule has 4 amide bonds. The minimum absolute atomic E-state index is 0.110. The maximum Gasteiger partial charge on any atom is 0.326 e. The molecule has 1 saturated heterocycles. The lowest BCUT2D eigenvalue weighted by molar-refractivity contribution is -0.133. The minimum atomic E-state index is -3.64. The van der Waals surface area contributed by atoms with Crippen molar-refractivity contribution in [2.24, 2.45) is 0 Å². The highest BCUT2D eigenvalue weighted by molar-refractivity contribution is 7.89. The molecule has 0 aliphatic carbocycles. The maximum absolute atomic E-state index is 13.9. The van der Waals surface area contributed by atoms with Crippen LogP contribution < -0.4 is 10.6 Å². The Morgan fingerprint density at radius 1 is 0.897 bits per heavy atom. The van der Waals surface area contributed by atoms with Gasteiger partial charge in [0.2, 0.25) is 15.9 Å². The molecule has 1 aliphatic rings. The minimum Gasteiger partial charge on any atom is -0.325 e. The third-order valence-corrected chi connectivity index (χ3v) is 9.10. The fraction of sp³-hybridized carbons (Fsp3) is 0.276. The summed E-state index contributed by atoms with van der Waals surface area (Å²) in [4.78, 5) is 40.9. The lowest BCUT2D eigenvalue weighted by atomic mass is 9.81. The topological polar surface area (TPSA) is 116 Å². The van der Waals surface area contributed by atoms with Crippen LogP contribution >= 0.6 is 0 Å². The molecule has 1 unspecified atom stereocenters. The van der Waals surface area contributed by atoms with Crippen molar-refractivity contribution in [3.8, 4) is 0 Å². The molecule has 0 saturated carbocycles. The van der Waals surface area contributed by atoms with Gasteiger partial charge in [-0.3, -0.25) is 14.5 Å². The van der Waals surface area contributed by atoms with Crippen molar-refractivity contribution >= 4 is 33.6 Å². The second-order valence-electron chi connectivity index (χ2n) is 9.40. The number of imide groups is 1. The number of nitrogens with zero attached hydrogens (tertiary/aromatic N) is 2. The molecule has 204 valence electrons. The van der Waals surface area contributed by atoms with Crippen molar-refractivity contribution in [2.75, 3.05) is 25.0 Å². The van der Waals surface area contributed by atoms with Crippen molar-refractivity contribution < 1.29 is 22.8 Å². The van der Waals surface area contributed by atoms with E-state index < -0.39 is 40.0 Å². The van der Waals surface area contributed by atoms with E-state index in [1.54, 1.807) is 38.1 Å². The Bertz CT molecular complexity index is 1500. The van der Waals surface area contributed by atoms with Crippen LogP contribution in [0.5, 0.6) is 0 Å². The van der Waals surface area contributed by atoms with Gasteiger partial charge in [0.1, 0.15) is 6.54 Å². The number of hydrogen-bond acceptors (Lipinski definition) is 5. The quantitative estimate of drug-likeness (QED) is 0.395. The highest BCUT2D eigenvalue weighted by Gasteiger charge is 2.54. The molecule has 3 aromatic rings. The molecule has 4 rings (SSSR count). The standard InChI is InChI=1S/C29H32N4O5S/c1-5-32(6-2)39(37,38)25-16-14-24(15-17-25)30-26(34)19-33-27(35)29(31-28(33)36,22-10-8-7-9-11-22)23-13-12-20(3)21(4)18-23/h7-18H,5-6,19H2,1-4H3,(H,30,34)(H,31,36). The number of carbonyl (C=O) groups excluding carboxylic acids is 3. The summed E-state index contributed by atoms with van der Waals surface area (Å²) in [6.45, 7) is 7.60. The van der Waals surface area contributed by atoms with Crippen LogP contribution in [0.4, 0.5) is 10.5 Å². The Labute approximate surface area is 228 Å². The van der Waals surface area contributed by atoms with E-state index in [0.717, 1.165) is 16.0 Å². The lowest BCUT2D eigenvalue weighted by Gasteiger charge is -2.28. The molecule has 9 nitrogen and oxygen atoms in total. The Morgan fingerprint density at radius 3 is 2.13 bits per heavy atom. The fourth-order valence-corrected chi connectivity index (χ4v) is 6.17. The predicted molar refractivity (Wildman–Crippen MR) is 149 cm³/mol. The first-order chi connectivity index (χ1) is 18.5. The van der Waals surface area contributed by atoms with Crippen LogP contribution in [-0.2, 0) is 25.2 Å². The first kappa shape index (κ1) is 28.0. The number of anilines is 1. The van der Waals surface area contributed by atoms with Crippen LogP contribution in [0.1, 0.15) is 36.1 Å². The molecule has 10 heteroatoms. The maximum atomic E-state index is 13.9. The van der Waals surface area contributed by atoms with Gasteiger partial charge in [0.05, 0.1) is 4.90 Å². The van der Waals surface area contributed by atoms with E-state index in [1.807, 2.05) is 38.1 Å². The molecule has 0 spiro atoms. The smallest absolute Gasteiger partial charge is 0.325 e. The summed E-state index contributed by atoms with van der Waals surface area (Å²) in [5.41, 5.74) is 2.06. The zero-order valence-corrected chi connectivity index (χ0v) is 23.2. The summed E-state index contributed by atoms with van der Waals surface area (Å²) in [6.07, 6.45) is 0. The zero-order valence-electron chi connectivity index (χ0n) is 22.4. The first-order valence-electron chi connectivity index (χ1n) is 12.7. The second kappa shape index (κ2) is 11.0. The Morgan fingerprint density at radius 2 is 1.54 bits per heavy atom. The third kappa shape index (κ3) is 5.17. The number of sulfonamides is 1. The lowest BCUT2D eigenvalue weighted by Crippen LogP contribution is -2.45. The predicted octanol–water partition coefficient (Wildman–Crippen LogP) is 3.77. The molecular weight excluding hydrogens is 516 g/mol. The number of rotatable bonds is 9. The second-order valence-corrected chi connectivity index (χ2v) is 11.3. The Kier molecular flexibility index (Phi) is 7.89. The Balaban J connectivity index is 1.57. The van der Waals surface area contributed by atoms with Gasteiger partial charge in [-0.2, -0.15) is 4.31 Å². The van der Waals surface area contributed by atoms with Gasteiger partial charge in [-0.05, 0) is 60.4 Å². The summed E-state index contributed by atoms with van der Waals surface area (Å²) in [5, 5.41) is 5.50. The van der Waals surface area contributed by atoms with Gasteiger partial charge in [0.15, 0.2) is 5.54 Å². The number of carbonyl (C=O) groups is 3. The molecule has 1 aliphatic heterocycles. The van der Waals surface area contributed by atoms with E-state index in [-0.39, 0.29) is 4.90 Å². The number of amides is 4. The average Bonchev–Trinajstić information content (AvgIpc) is 3.17. The van der Waals surface area contributed by atoms with Gasteiger partial charge in [-0.15, -0.1) is 0 Å². The van der Waals surface area contributed by atoms with Gasteiger partial charge in [0, 0.05) is 18.8 Å². The number of hydrogen-bond donors (Lipinski definition) is 2. The van der Waals surface area contributed by atoms with Crippen LogP contribution in [0.2, 0.25) is 0 Å². The molecule has 0 aromatic heterocycles. The van der Waals surface area contributed by atoms with Gasteiger partial charge in [0.25, 0.3) is 5.91 Å². The van der Waals surface area contributed by atoms with Crippen molar-refractivity contribution in [3.05, 3.63) is 95.1 Å². The molecule has 2 N–H and O–H groups in total. The molecule has 0 radical (unpaired) electrons.